The molecule has 4 rings (SSSR count). The molecule has 5 heteroatoms. The third-order valence-corrected chi connectivity index (χ3v) is 6.30. The lowest BCUT2D eigenvalue weighted by Gasteiger charge is -2.45. The van der Waals surface area contributed by atoms with Crippen molar-refractivity contribution in [3.8, 4) is 0 Å². The van der Waals surface area contributed by atoms with Crippen LogP contribution in [-0.2, 0) is 25.6 Å². The number of benzene rings is 1. The van der Waals surface area contributed by atoms with Crippen molar-refractivity contribution in [1.29, 1.82) is 0 Å². The summed E-state index contributed by atoms with van der Waals surface area (Å²) in [5, 5.41) is 0. The summed E-state index contributed by atoms with van der Waals surface area (Å²) in [5.41, 5.74) is 1.26. The van der Waals surface area contributed by atoms with E-state index < -0.39 is 0 Å². The Hall–Kier alpha value is -1.88. The predicted molar refractivity (Wildman–Crippen MR) is 96.1 cm³/mol. The molecular formula is C21H27NO4. The fraction of sp³-hybridized carbons (Fsp3) is 0.619. The van der Waals surface area contributed by atoms with Crippen molar-refractivity contribution in [2.24, 2.45) is 17.8 Å². The SMILES string of the molecule is CCOC(=O)CC1CCC2C1N(Cc1ccccc1)C[C@@H]1OC(=O)C[C@H]21. The van der Waals surface area contributed by atoms with Crippen LogP contribution in [0.1, 0.15) is 38.2 Å². The first-order chi connectivity index (χ1) is 12.7. The summed E-state index contributed by atoms with van der Waals surface area (Å²) in [7, 11) is 0. The van der Waals surface area contributed by atoms with Crippen LogP contribution in [0.3, 0.4) is 0 Å². The lowest BCUT2D eigenvalue weighted by molar-refractivity contribution is -0.145. The van der Waals surface area contributed by atoms with Crippen LogP contribution >= 0.6 is 0 Å². The Morgan fingerprint density at radius 3 is 2.81 bits per heavy atom. The number of nitrogens with zero attached hydrogens (tertiary/aromatic N) is 1. The molecule has 2 heterocycles. The molecule has 0 aromatic heterocycles. The molecule has 2 saturated heterocycles. The van der Waals surface area contributed by atoms with Gasteiger partial charge in [0.25, 0.3) is 0 Å². The average molecular weight is 357 g/mol. The summed E-state index contributed by atoms with van der Waals surface area (Å²) >= 11 is 0. The Bertz CT molecular complexity index is 661. The summed E-state index contributed by atoms with van der Waals surface area (Å²) in [5.74, 6) is 0.891. The molecule has 0 radical (unpaired) electrons. The number of ether oxygens (including phenoxy) is 2. The number of esters is 2. The van der Waals surface area contributed by atoms with Crippen molar-refractivity contribution in [3.63, 3.8) is 0 Å². The van der Waals surface area contributed by atoms with Gasteiger partial charge in [-0.05, 0) is 37.2 Å². The zero-order chi connectivity index (χ0) is 18.1. The molecule has 2 aliphatic heterocycles. The van der Waals surface area contributed by atoms with E-state index in [1.165, 1.54) is 5.56 Å². The molecule has 1 aliphatic carbocycles. The van der Waals surface area contributed by atoms with E-state index in [2.05, 4.69) is 29.2 Å². The summed E-state index contributed by atoms with van der Waals surface area (Å²) in [6, 6.07) is 10.7. The standard InChI is InChI=1S/C21H27NO4/c1-2-25-19(23)10-15-8-9-16-17-11-20(24)26-18(17)13-22(21(15)16)12-14-6-4-3-5-7-14/h3-7,15-18,21H,2,8-13H2,1H3/t15?,16?,17-,18+,21?/m1/s1. The van der Waals surface area contributed by atoms with E-state index >= 15 is 0 Å². The lowest BCUT2D eigenvalue weighted by atomic mass is 9.77. The molecule has 3 fully saturated rings. The Labute approximate surface area is 154 Å². The van der Waals surface area contributed by atoms with Crippen molar-refractivity contribution >= 4 is 11.9 Å². The molecule has 0 amide bonds. The van der Waals surface area contributed by atoms with Gasteiger partial charge < -0.3 is 9.47 Å². The van der Waals surface area contributed by atoms with Crippen LogP contribution in [0.4, 0.5) is 0 Å². The van der Waals surface area contributed by atoms with Crippen LogP contribution in [-0.4, -0.2) is 42.1 Å². The van der Waals surface area contributed by atoms with Crippen molar-refractivity contribution in [2.75, 3.05) is 13.2 Å². The molecule has 0 bridgehead atoms. The maximum atomic E-state index is 12.1. The highest BCUT2D eigenvalue weighted by Crippen LogP contribution is 2.49. The van der Waals surface area contributed by atoms with E-state index in [0.717, 1.165) is 25.9 Å². The number of hydrogen-bond acceptors (Lipinski definition) is 5. The van der Waals surface area contributed by atoms with Gasteiger partial charge in [0.05, 0.1) is 13.0 Å². The topological polar surface area (TPSA) is 55.8 Å². The monoisotopic (exact) mass is 357 g/mol. The Kier molecular flexibility index (Phi) is 4.98. The molecule has 3 unspecified atom stereocenters. The molecule has 0 N–H and O–H groups in total. The summed E-state index contributed by atoms with van der Waals surface area (Å²) in [6.07, 6.45) is 3.12. The van der Waals surface area contributed by atoms with Crippen LogP contribution in [0.5, 0.6) is 0 Å². The second-order valence-corrected chi connectivity index (χ2v) is 7.81. The molecule has 1 aromatic carbocycles. The second kappa shape index (κ2) is 7.39. The van der Waals surface area contributed by atoms with Gasteiger partial charge >= 0.3 is 11.9 Å². The minimum absolute atomic E-state index is 0.00815. The number of carbonyl (C=O) groups is 2. The van der Waals surface area contributed by atoms with Crippen LogP contribution < -0.4 is 0 Å². The maximum absolute atomic E-state index is 12.1. The highest BCUT2D eigenvalue weighted by molar-refractivity contribution is 5.72. The fourth-order valence-electron chi connectivity index (χ4n) is 5.36. The van der Waals surface area contributed by atoms with Gasteiger partial charge in [-0.15, -0.1) is 0 Å². The molecule has 5 nitrogen and oxygen atoms in total. The summed E-state index contributed by atoms with van der Waals surface area (Å²) in [4.78, 5) is 26.4. The molecular weight excluding hydrogens is 330 g/mol. The minimum Gasteiger partial charge on any atom is -0.466 e. The zero-order valence-corrected chi connectivity index (χ0v) is 15.3. The Morgan fingerprint density at radius 1 is 1.23 bits per heavy atom. The van der Waals surface area contributed by atoms with Crippen molar-refractivity contribution in [2.45, 2.75) is 51.3 Å². The maximum Gasteiger partial charge on any atom is 0.306 e. The largest absolute Gasteiger partial charge is 0.466 e. The van der Waals surface area contributed by atoms with Gasteiger partial charge in [-0.2, -0.15) is 0 Å². The minimum atomic E-state index is -0.0984. The second-order valence-electron chi connectivity index (χ2n) is 7.81. The van der Waals surface area contributed by atoms with Crippen LogP contribution in [0, 0.1) is 17.8 Å². The van der Waals surface area contributed by atoms with E-state index in [9.17, 15) is 9.59 Å². The Balaban J connectivity index is 1.56. The number of piperidine rings is 1. The molecule has 5 atom stereocenters. The van der Waals surface area contributed by atoms with Gasteiger partial charge in [0.1, 0.15) is 6.10 Å². The van der Waals surface area contributed by atoms with Crippen molar-refractivity contribution in [1.82, 2.24) is 4.90 Å². The number of carbonyl (C=O) groups excluding carboxylic acids is 2. The normalized spacial score (nSPS) is 33.4. The quantitative estimate of drug-likeness (QED) is 0.759. The third kappa shape index (κ3) is 3.37. The third-order valence-electron chi connectivity index (χ3n) is 6.30. The molecule has 1 aromatic rings. The first-order valence-corrected chi connectivity index (χ1v) is 9.78. The van der Waals surface area contributed by atoms with Gasteiger partial charge in [-0.25, -0.2) is 0 Å². The first-order valence-electron chi connectivity index (χ1n) is 9.78. The fourth-order valence-corrected chi connectivity index (χ4v) is 5.36. The van der Waals surface area contributed by atoms with E-state index in [4.69, 9.17) is 9.47 Å². The van der Waals surface area contributed by atoms with Gasteiger partial charge in [0.2, 0.25) is 0 Å². The molecule has 1 saturated carbocycles. The van der Waals surface area contributed by atoms with Gasteiger partial charge in [0, 0.05) is 31.5 Å². The summed E-state index contributed by atoms with van der Waals surface area (Å²) < 4.78 is 10.8. The van der Waals surface area contributed by atoms with Gasteiger partial charge in [-0.1, -0.05) is 30.3 Å². The molecule has 26 heavy (non-hydrogen) atoms. The number of fused-ring (bicyclic) bond motifs is 3. The average Bonchev–Trinajstić information content (AvgIpc) is 3.19. The molecule has 140 valence electrons. The zero-order valence-electron chi connectivity index (χ0n) is 15.3. The van der Waals surface area contributed by atoms with Crippen molar-refractivity contribution < 1.29 is 19.1 Å². The van der Waals surface area contributed by atoms with Crippen molar-refractivity contribution in [3.05, 3.63) is 35.9 Å². The number of rotatable bonds is 5. The molecule has 3 aliphatic rings. The lowest BCUT2D eigenvalue weighted by Crippen LogP contribution is -2.54. The first kappa shape index (κ1) is 17.5. The van der Waals surface area contributed by atoms with E-state index in [1.807, 2.05) is 13.0 Å². The van der Waals surface area contributed by atoms with Gasteiger partial charge in [-0.3, -0.25) is 14.5 Å². The van der Waals surface area contributed by atoms with Crippen LogP contribution in [0.25, 0.3) is 0 Å². The van der Waals surface area contributed by atoms with E-state index in [-0.39, 0.29) is 18.0 Å². The molecule has 0 spiro atoms. The van der Waals surface area contributed by atoms with Crippen LogP contribution in [0.15, 0.2) is 30.3 Å². The highest BCUT2D eigenvalue weighted by Gasteiger charge is 2.54. The van der Waals surface area contributed by atoms with E-state index in [0.29, 0.717) is 43.2 Å². The number of likely N-dealkylation sites (tertiary alicyclic amines) is 1. The predicted octanol–water partition coefficient (Wildman–Crippen LogP) is 2.78. The van der Waals surface area contributed by atoms with Crippen LogP contribution in [0.2, 0.25) is 0 Å². The summed E-state index contributed by atoms with van der Waals surface area (Å²) in [6.45, 7) is 3.89. The smallest absolute Gasteiger partial charge is 0.306 e. The highest BCUT2D eigenvalue weighted by atomic mass is 16.6. The van der Waals surface area contributed by atoms with Gasteiger partial charge in [0.15, 0.2) is 0 Å². The van der Waals surface area contributed by atoms with E-state index in [1.54, 1.807) is 0 Å². The number of hydrogen-bond donors (Lipinski definition) is 0. The Morgan fingerprint density at radius 2 is 2.04 bits per heavy atom.